The summed E-state index contributed by atoms with van der Waals surface area (Å²) >= 11 is 1.49. The molecule has 2 amide bonds. The molecular weight excluding hydrogens is 580 g/mol. The molecule has 2 aromatic carbocycles. The van der Waals surface area contributed by atoms with Crippen LogP contribution in [0.1, 0.15) is 36.5 Å². The summed E-state index contributed by atoms with van der Waals surface area (Å²) < 4.78 is 11.3. The van der Waals surface area contributed by atoms with Gasteiger partial charge < -0.3 is 45.3 Å². The molecule has 0 aliphatic carbocycles. The molecular formula is C30H38N2O10S. The minimum atomic E-state index is -2.36. The van der Waals surface area contributed by atoms with Gasteiger partial charge in [0.1, 0.15) is 18.5 Å². The van der Waals surface area contributed by atoms with Gasteiger partial charge in [-0.1, -0.05) is 42.5 Å². The predicted octanol–water partition coefficient (Wildman–Crippen LogP) is 0.970. The fourth-order valence-electron chi connectivity index (χ4n) is 4.67. The summed E-state index contributed by atoms with van der Waals surface area (Å²) in [7, 11) is 0. The Morgan fingerprint density at radius 2 is 1.77 bits per heavy atom. The van der Waals surface area contributed by atoms with E-state index in [0.29, 0.717) is 29.9 Å². The fourth-order valence-corrected chi connectivity index (χ4v) is 5.45. The molecule has 13 heteroatoms. The van der Waals surface area contributed by atoms with Crippen LogP contribution in [0.3, 0.4) is 0 Å². The molecule has 1 aliphatic rings. The Morgan fingerprint density at radius 3 is 2.40 bits per heavy atom. The maximum atomic E-state index is 12.7. The highest BCUT2D eigenvalue weighted by Crippen LogP contribution is 2.34. The summed E-state index contributed by atoms with van der Waals surface area (Å²) in [6, 6.07) is 15.1. The van der Waals surface area contributed by atoms with E-state index in [1.807, 2.05) is 30.3 Å². The van der Waals surface area contributed by atoms with Crippen molar-refractivity contribution in [2.24, 2.45) is 0 Å². The van der Waals surface area contributed by atoms with Crippen molar-refractivity contribution < 1.29 is 49.1 Å². The van der Waals surface area contributed by atoms with Crippen molar-refractivity contribution in [3.05, 3.63) is 60.2 Å². The Kier molecular flexibility index (Phi) is 13.1. The number of aldehydes is 1. The van der Waals surface area contributed by atoms with Crippen molar-refractivity contribution in [2.45, 2.75) is 62.4 Å². The molecule has 0 radical (unpaired) electrons. The minimum absolute atomic E-state index is 0.0671. The molecule has 1 heterocycles. The zero-order chi connectivity index (χ0) is 31.4. The third kappa shape index (κ3) is 9.58. The van der Waals surface area contributed by atoms with E-state index >= 15 is 0 Å². The highest BCUT2D eigenvalue weighted by molar-refractivity contribution is 7.99. The lowest BCUT2D eigenvalue weighted by Gasteiger charge is -2.46. The summed E-state index contributed by atoms with van der Waals surface area (Å²) in [5, 5.41) is 47.6. The Balaban J connectivity index is 1.66. The number of hydrogen-bond donors (Lipinski definition) is 6. The first-order valence-corrected chi connectivity index (χ1v) is 15.0. The molecule has 3 rings (SSSR count). The van der Waals surface area contributed by atoms with E-state index < -0.39 is 67.0 Å². The molecule has 43 heavy (non-hydrogen) atoms. The number of aliphatic hydroxyl groups is 3. The van der Waals surface area contributed by atoms with Crippen molar-refractivity contribution in [2.75, 3.05) is 24.7 Å². The quantitative estimate of drug-likeness (QED) is 0.116. The number of benzene rings is 2. The van der Waals surface area contributed by atoms with Crippen molar-refractivity contribution >= 4 is 35.8 Å². The number of aliphatic carboxylic acids is 1. The minimum Gasteiger partial charge on any atom is -0.477 e. The number of amides is 2. The smallest absolute Gasteiger partial charge is 0.364 e. The van der Waals surface area contributed by atoms with Crippen LogP contribution >= 0.6 is 11.8 Å². The number of hydrogen-bond acceptors (Lipinski definition) is 10. The number of rotatable bonds is 16. The molecule has 234 valence electrons. The number of thioether (sulfide) groups is 1. The van der Waals surface area contributed by atoms with Crippen LogP contribution in [0.5, 0.6) is 0 Å². The van der Waals surface area contributed by atoms with E-state index in [-0.39, 0.29) is 6.61 Å². The van der Waals surface area contributed by atoms with Gasteiger partial charge in [-0.25, -0.2) is 4.79 Å². The van der Waals surface area contributed by atoms with E-state index in [1.165, 1.54) is 18.7 Å². The van der Waals surface area contributed by atoms with Gasteiger partial charge in [0, 0.05) is 31.9 Å². The average Bonchev–Trinajstić information content (AvgIpc) is 3.00. The van der Waals surface area contributed by atoms with E-state index in [1.54, 1.807) is 24.3 Å². The standard InChI is InChI=1S/C30H38N2O10S/c1-19(34)32-25-23(35)17-30(29(39)40,41-14-6-16-43-15-5-13-33)42-27(25)26(37)24(36)18-31-28(38)22-11-9-21(10-12-22)20-7-3-2-4-8-20/h2-4,7-13,23-27,35-37H,5-6,14-18H2,1H3,(H,31,38)(H,32,34)(H,39,40). The van der Waals surface area contributed by atoms with E-state index in [0.717, 1.165) is 17.4 Å². The van der Waals surface area contributed by atoms with Gasteiger partial charge >= 0.3 is 5.97 Å². The summed E-state index contributed by atoms with van der Waals surface area (Å²) in [6.45, 7) is 0.665. The summed E-state index contributed by atoms with van der Waals surface area (Å²) in [5.41, 5.74) is 2.20. The molecule has 0 aromatic heterocycles. The lowest BCUT2D eigenvalue weighted by molar-refractivity contribution is -0.310. The molecule has 1 fully saturated rings. The molecule has 12 nitrogen and oxygen atoms in total. The largest absolute Gasteiger partial charge is 0.477 e. The second-order valence-corrected chi connectivity index (χ2v) is 11.3. The molecule has 0 spiro atoms. The third-order valence-electron chi connectivity index (χ3n) is 6.87. The van der Waals surface area contributed by atoms with Gasteiger partial charge in [0.25, 0.3) is 11.7 Å². The number of nitrogens with one attached hydrogen (secondary N) is 2. The lowest BCUT2D eigenvalue weighted by Crippen LogP contribution is -2.68. The Bertz CT molecular complexity index is 1220. The Hall–Kier alpha value is -3.33. The second kappa shape index (κ2) is 16.5. The number of carbonyl (C=O) groups excluding carboxylic acids is 3. The van der Waals surface area contributed by atoms with Crippen LogP contribution in [0.25, 0.3) is 11.1 Å². The SMILES string of the molecule is CC(=O)NC1C(O)CC(OCCCSCCC=O)(C(=O)O)OC1C(O)C(O)CNC(=O)c1ccc(-c2ccccc2)cc1. The number of ether oxygens (including phenoxy) is 2. The number of carboxylic acid groups (broad SMARTS) is 1. The summed E-state index contributed by atoms with van der Waals surface area (Å²) in [5.74, 6) is -3.83. The molecule has 6 atom stereocenters. The highest BCUT2D eigenvalue weighted by atomic mass is 32.2. The maximum Gasteiger partial charge on any atom is 0.364 e. The van der Waals surface area contributed by atoms with E-state index in [2.05, 4.69) is 10.6 Å². The summed E-state index contributed by atoms with van der Waals surface area (Å²) in [6.07, 6.45) is -5.56. The third-order valence-corrected chi connectivity index (χ3v) is 7.98. The van der Waals surface area contributed by atoms with Crippen LogP contribution in [0, 0.1) is 0 Å². The van der Waals surface area contributed by atoms with Crippen LogP contribution in [-0.2, 0) is 23.9 Å². The molecule has 0 bridgehead atoms. The van der Waals surface area contributed by atoms with Crippen LogP contribution < -0.4 is 10.6 Å². The lowest BCUT2D eigenvalue weighted by atomic mass is 9.88. The Labute approximate surface area is 253 Å². The van der Waals surface area contributed by atoms with Gasteiger partial charge in [-0.15, -0.1) is 0 Å². The number of aliphatic hydroxyl groups excluding tert-OH is 3. The maximum absolute atomic E-state index is 12.7. The van der Waals surface area contributed by atoms with Gasteiger partial charge in [0.15, 0.2) is 0 Å². The topological polar surface area (TPSA) is 192 Å². The van der Waals surface area contributed by atoms with Crippen LogP contribution in [0.4, 0.5) is 0 Å². The number of carboxylic acids is 1. The molecule has 1 saturated heterocycles. The van der Waals surface area contributed by atoms with E-state index in [4.69, 9.17) is 9.47 Å². The molecule has 6 N–H and O–H groups in total. The fraction of sp³-hybridized carbons (Fsp3) is 0.467. The van der Waals surface area contributed by atoms with Crippen molar-refractivity contribution in [3.63, 3.8) is 0 Å². The normalized spacial score (nSPS) is 23.1. The van der Waals surface area contributed by atoms with Gasteiger partial charge in [-0.3, -0.25) is 9.59 Å². The van der Waals surface area contributed by atoms with Gasteiger partial charge in [-0.05, 0) is 41.2 Å². The zero-order valence-electron chi connectivity index (χ0n) is 23.8. The van der Waals surface area contributed by atoms with E-state index in [9.17, 15) is 39.6 Å². The Morgan fingerprint density at radius 1 is 1.09 bits per heavy atom. The first kappa shape index (κ1) is 34.2. The average molecular weight is 619 g/mol. The van der Waals surface area contributed by atoms with Crippen LogP contribution in [0.2, 0.25) is 0 Å². The van der Waals surface area contributed by atoms with Crippen molar-refractivity contribution in [1.82, 2.24) is 10.6 Å². The number of carbonyl (C=O) groups is 4. The van der Waals surface area contributed by atoms with Gasteiger partial charge in [0.2, 0.25) is 5.91 Å². The predicted molar refractivity (Wildman–Crippen MR) is 158 cm³/mol. The summed E-state index contributed by atoms with van der Waals surface area (Å²) in [4.78, 5) is 47.3. The van der Waals surface area contributed by atoms with Gasteiger partial charge in [0.05, 0.1) is 24.9 Å². The molecule has 6 unspecified atom stereocenters. The van der Waals surface area contributed by atoms with Crippen molar-refractivity contribution in [3.8, 4) is 11.1 Å². The first-order valence-electron chi connectivity index (χ1n) is 13.9. The molecule has 0 saturated carbocycles. The monoisotopic (exact) mass is 618 g/mol. The van der Waals surface area contributed by atoms with Crippen LogP contribution in [0.15, 0.2) is 54.6 Å². The van der Waals surface area contributed by atoms with Gasteiger partial charge in [-0.2, -0.15) is 11.8 Å². The van der Waals surface area contributed by atoms with Crippen molar-refractivity contribution in [1.29, 1.82) is 0 Å². The highest BCUT2D eigenvalue weighted by Gasteiger charge is 2.55. The second-order valence-electron chi connectivity index (χ2n) is 10.1. The molecule has 1 aliphatic heterocycles. The first-order chi connectivity index (χ1) is 20.6. The zero-order valence-corrected chi connectivity index (χ0v) is 24.6. The molecule has 2 aromatic rings. The van der Waals surface area contributed by atoms with Crippen LogP contribution in [-0.4, -0.2) is 105 Å².